The summed E-state index contributed by atoms with van der Waals surface area (Å²) in [6, 6.07) is 6.87. The monoisotopic (exact) mass is 478 g/mol. The zero-order valence-corrected chi connectivity index (χ0v) is 18.3. The number of pyridine rings is 2. The first kappa shape index (κ1) is 22.0. The van der Waals surface area contributed by atoms with Gasteiger partial charge in [0.15, 0.2) is 10.7 Å². The van der Waals surface area contributed by atoms with Crippen LogP contribution in [0.2, 0.25) is 5.02 Å². The van der Waals surface area contributed by atoms with E-state index in [1.54, 1.807) is 18.7 Å². The van der Waals surface area contributed by atoms with Crippen LogP contribution in [0.4, 0.5) is 14.5 Å². The number of hydrogen-bond acceptors (Lipinski definition) is 5. The Morgan fingerprint density at radius 2 is 1.97 bits per heavy atom. The Balaban J connectivity index is 1.61. The smallest absolute Gasteiger partial charge is 0.267 e. The van der Waals surface area contributed by atoms with E-state index in [0.29, 0.717) is 6.42 Å². The number of nitrogens with one attached hydrogen (secondary N) is 1. The zero-order chi connectivity index (χ0) is 22.9. The molecule has 0 fully saturated rings. The molecule has 0 saturated heterocycles. The molecule has 1 aromatic carbocycles. The largest absolute Gasteiger partial charge is 0.480 e. The minimum absolute atomic E-state index is 0.0274. The summed E-state index contributed by atoms with van der Waals surface area (Å²) in [5.41, 5.74) is 1.09. The lowest BCUT2D eigenvalue weighted by Gasteiger charge is -2.14. The third-order valence-electron chi connectivity index (χ3n) is 4.84. The maximum absolute atomic E-state index is 15.1. The molecule has 0 aliphatic rings. The number of rotatable bonds is 7. The van der Waals surface area contributed by atoms with Crippen LogP contribution in [-0.4, -0.2) is 29.9 Å². The zero-order valence-electron chi connectivity index (χ0n) is 16.7. The summed E-state index contributed by atoms with van der Waals surface area (Å²) < 4.78 is 64.0. The van der Waals surface area contributed by atoms with Gasteiger partial charge < -0.3 is 9.14 Å². The standard InChI is InChI=1S/C21H17ClF2N4O3S/c1-31-21-19(9-14(22)10-26-21)32(29,30)27-18-5-4-17(23)16(20(18)24)3-2-13-6-7-28-12-25-11-15(28)8-13/h4-12,27H,2-3H2,1H3. The van der Waals surface area contributed by atoms with Crippen molar-refractivity contribution in [3.63, 3.8) is 0 Å². The average Bonchev–Trinajstić information content (AvgIpc) is 3.23. The van der Waals surface area contributed by atoms with Gasteiger partial charge in [-0.3, -0.25) is 4.72 Å². The number of anilines is 1. The Bertz CT molecular complexity index is 1410. The first-order chi connectivity index (χ1) is 15.3. The predicted molar refractivity (Wildman–Crippen MR) is 116 cm³/mol. The molecule has 4 aromatic rings. The van der Waals surface area contributed by atoms with Gasteiger partial charge in [-0.15, -0.1) is 0 Å². The highest BCUT2D eigenvalue weighted by Crippen LogP contribution is 2.29. The van der Waals surface area contributed by atoms with Gasteiger partial charge in [0.2, 0.25) is 5.88 Å². The fourth-order valence-electron chi connectivity index (χ4n) is 3.25. The van der Waals surface area contributed by atoms with Gasteiger partial charge >= 0.3 is 0 Å². The second-order valence-electron chi connectivity index (χ2n) is 6.91. The fourth-order valence-corrected chi connectivity index (χ4v) is 4.68. The van der Waals surface area contributed by atoms with Crippen molar-refractivity contribution >= 4 is 32.8 Å². The number of imidazole rings is 1. The molecule has 0 aliphatic heterocycles. The molecule has 3 heterocycles. The lowest BCUT2D eigenvalue weighted by Crippen LogP contribution is -2.16. The molecule has 0 amide bonds. The molecular weight excluding hydrogens is 462 g/mol. The average molecular weight is 479 g/mol. The van der Waals surface area contributed by atoms with Crippen molar-refractivity contribution in [3.05, 3.63) is 83.0 Å². The molecule has 0 atom stereocenters. The van der Waals surface area contributed by atoms with Gasteiger partial charge in [0.1, 0.15) is 5.82 Å². The third-order valence-corrected chi connectivity index (χ3v) is 6.41. The Kier molecular flexibility index (Phi) is 5.98. The summed E-state index contributed by atoms with van der Waals surface area (Å²) in [6.07, 6.45) is 6.73. The first-order valence-corrected chi connectivity index (χ1v) is 11.2. The van der Waals surface area contributed by atoms with Gasteiger partial charge in [-0.25, -0.2) is 27.2 Å². The molecule has 166 valence electrons. The molecule has 0 spiro atoms. The van der Waals surface area contributed by atoms with Gasteiger partial charge in [-0.1, -0.05) is 11.6 Å². The fraction of sp³-hybridized carbons (Fsp3) is 0.143. The molecule has 0 radical (unpaired) electrons. The van der Waals surface area contributed by atoms with Gasteiger partial charge in [-0.2, -0.15) is 0 Å². The van der Waals surface area contributed by atoms with E-state index in [4.69, 9.17) is 16.3 Å². The number of fused-ring (bicyclic) bond motifs is 1. The summed E-state index contributed by atoms with van der Waals surface area (Å²) in [5, 5.41) is 0.0570. The molecule has 0 aliphatic carbocycles. The van der Waals surface area contributed by atoms with Crippen LogP contribution in [0.25, 0.3) is 5.52 Å². The van der Waals surface area contributed by atoms with Crippen LogP contribution in [0, 0.1) is 11.6 Å². The summed E-state index contributed by atoms with van der Waals surface area (Å²) >= 11 is 5.85. The predicted octanol–water partition coefficient (Wildman–Crippen LogP) is 4.26. The van der Waals surface area contributed by atoms with Crippen molar-refractivity contribution in [3.8, 4) is 5.88 Å². The normalized spacial score (nSPS) is 11.6. The topological polar surface area (TPSA) is 85.6 Å². The molecular formula is C21H17ClF2N4O3S. The van der Waals surface area contributed by atoms with E-state index in [-0.39, 0.29) is 27.8 Å². The summed E-state index contributed by atoms with van der Waals surface area (Å²) in [6.45, 7) is 0. The number of halogens is 3. The van der Waals surface area contributed by atoms with Crippen LogP contribution in [-0.2, 0) is 22.9 Å². The van der Waals surface area contributed by atoms with E-state index in [1.165, 1.54) is 13.3 Å². The van der Waals surface area contributed by atoms with Gasteiger partial charge in [0, 0.05) is 18.0 Å². The molecule has 4 rings (SSSR count). The number of nitrogens with zero attached hydrogens (tertiary/aromatic N) is 3. The van der Waals surface area contributed by atoms with Crippen LogP contribution < -0.4 is 9.46 Å². The van der Waals surface area contributed by atoms with Crippen molar-refractivity contribution < 1.29 is 21.9 Å². The number of aryl methyl sites for hydroxylation is 1. The van der Waals surface area contributed by atoms with Gasteiger partial charge in [-0.05, 0) is 48.7 Å². The van der Waals surface area contributed by atoms with Crippen LogP contribution >= 0.6 is 11.6 Å². The third kappa shape index (κ3) is 4.37. The maximum atomic E-state index is 15.1. The highest BCUT2D eigenvalue weighted by molar-refractivity contribution is 7.92. The SMILES string of the molecule is COc1ncc(Cl)cc1S(=O)(=O)Nc1ccc(F)c(CCc2ccn3cncc3c2)c1F. The van der Waals surface area contributed by atoms with E-state index in [1.807, 2.05) is 16.5 Å². The Hall–Kier alpha value is -3.24. The van der Waals surface area contributed by atoms with Crippen LogP contribution in [0.5, 0.6) is 5.88 Å². The molecule has 1 N–H and O–H groups in total. The molecule has 3 aromatic heterocycles. The minimum Gasteiger partial charge on any atom is -0.480 e. The number of methoxy groups -OCH3 is 1. The van der Waals surface area contributed by atoms with Crippen molar-refractivity contribution in [1.82, 2.24) is 14.4 Å². The Morgan fingerprint density at radius 1 is 1.16 bits per heavy atom. The molecule has 7 nitrogen and oxygen atoms in total. The summed E-state index contributed by atoms with van der Waals surface area (Å²) in [7, 11) is -3.07. The lowest BCUT2D eigenvalue weighted by atomic mass is 10.0. The Labute approximate surface area is 187 Å². The van der Waals surface area contributed by atoms with E-state index in [9.17, 15) is 12.8 Å². The number of aromatic nitrogens is 3. The Morgan fingerprint density at radius 3 is 2.75 bits per heavy atom. The van der Waals surface area contributed by atoms with Gasteiger partial charge in [0.25, 0.3) is 10.0 Å². The molecule has 11 heteroatoms. The maximum Gasteiger partial charge on any atom is 0.267 e. The van der Waals surface area contributed by atoms with Crippen molar-refractivity contribution in [2.45, 2.75) is 17.7 Å². The first-order valence-electron chi connectivity index (χ1n) is 9.38. The highest BCUT2D eigenvalue weighted by atomic mass is 35.5. The molecule has 0 unspecified atom stereocenters. The minimum atomic E-state index is -4.31. The van der Waals surface area contributed by atoms with Crippen LogP contribution in [0.15, 0.2) is 60.1 Å². The van der Waals surface area contributed by atoms with Gasteiger partial charge in [0.05, 0.1) is 35.9 Å². The van der Waals surface area contributed by atoms with E-state index in [2.05, 4.69) is 14.7 Å². The molecule has 0 saturated carbocycles. The number of sulfonamides is 1. The highest BCUT2D eigenvalue weighted by Gasteiger charge is 2.24. The summed E-state index contributed by atoms with van der Waals surface area (Å²) in [4.78, 5) is 7.47. The van der Waals surface area contributed by atoms with Crippen LogP contribution in [0.1, 0.15) is 11.1 Å². The molecule has 0 bridgehead atoms. The van der Waals surface area contributed by atoms with E-state index < -0.39 is 27.3 Å². The molecule has 32 heavy (non-hydrogen) atoms. The number of benzene rings is 1. The van der Waals surface area contributed by atoms with E-state index in [0.717, 1.165) is 29.3 Å². The van der Waals surface area contributed by atoms with Crippen LogP contribution in [0.3, 0.4) is 0 Å². The quantitative estimate of drug-likeness (QED) is 0.429. The van der Waals surface area contributed by atoms with Crippen molar-refractivity contribution in [2.75, 3.05) is 11.8 Å². The second-order valence-corrected chi connectivity index (χ2v) is 9.00. The van der Waals surface area contributed by atoms with Crippen molar-refractivity contribution in [1.29, 1.82) is 0 Å². The number of ether oxygens (including phenoxy) is 1. The lowest BCUT2D eigenvalue weighted by molar-refractivity contribution is 0.385. The second kappa shape index (κ2) is 8.71. The van der Waals surface area contributed by atoms with Crippen molar-refractivity contribution in [2.24, 2.45) is 0 Å². The summed E-state index contributed by atoms with van der Waals surface area (Å²) in [5.74, 6) is -1.97. The number of hydrogen-bond donors (Lipinski definition) is 1. The van der Waals surface area contributed by atoms with E-state index >= 15 is 4.39 Å².